The Balaban J connectivity index is 3.95. The molecule has 0 radical (unpaired) electrons. The first-order valence-electron chi connectivity index (χ1n) is 4.78. The molecule has 5 heteroatoms. The topological polar surface area (TPSA) is 67.4 Å². The van der Waals surface area contributed by atoms with E-state index in [2.05, 4.69) is 21.9 Å². The van der Waals surface area contributed by atoms with E-state index in [0.29, 0.717) is 6.54 Å². The molecule has 5 nitrogen and oxygen atoms in total. The number of hydrogen-bond donors (Lipinski definition) is 2. The van der Waals surface area contributed by atoms with Crippen molar-refractivity contribution in [3.05, 3.63) is 12.7 Å². The van der Waals surface area contributed by atoms with Crippen LogP contribution < -0.4 is 10.6 Å². The molecule has 0 heterocycles. The molecular weight excluding hydrogens is 196 g/mol. The second kappa shape index (κ2) is 7.99. The van der Waals surface area contributed by atoms with Crippen LogP contribution >= 0.6 is 0 Å². The summed E-state index contributed by atoms with van der Waals surface area (Å²) in [5.74, 6) is -0.702. The zero-order chi connectivity index (χ0) is 11.7. The minimum absolute atomic E-state index is 0.254. The second-order valence-electron chi connectivity index (χ2n) is 3.06. The number of rotatable bonds is 7. The second-order valence-corrected chi connectivity index (χ2v) is 3.06. The summed E-state index contributed by atoms with van der Waals surface area (Å²) in [6, 6.07) is -0.627. The summed E-state index contributed by atoms with van der Waals surface area (Å²) in [5.41, 5.74) is 0. The van der Waals surface area contributed by atoms with E-state index >= 15 is 0 Å². The predicted octanol–water partition coefficient (Wildman–Crippen LogP) is -0.170. The van der Waals surface area contributed by atoms with Gasteiger partial charge in [0.15, 0.2) is 0 Å². The molecule has 0 aliphatic rings. The van der Waals surface area contributed by atoms with Gasteiger partial charge < -0.3 is 15.4 Å². The van der Waals surface area contributed by atoms with Crippen molar-refractivity contribution >= 4 is 11.9 Å². The Hall–Kier alpha value is -1.36. The maximum atomic E-state index is 11.2. The fourth-order valence-corrected chi connectivity index (χ4v) is 1.03. The van der Waals surface area contributed by atoms with Crippen LogP contribution in [0.1, 0.15) is 13.3 Å². The predicted molar refractivity (Wildman–Crippen MR) is 57.3 cm³/mol. The average molecular weight is 214 g/mol. The third-order valence-corrected chi connectivity index (χ3v) is 1.74. The quantitative estimate of drug-likeness (QED) is 0.351. The van der Waals surface area contributed by atoms with Gasteiger partial charge in [-0.1, -0.05) is 6.08 Å². The van der Waals surface area contributed by atoms with E-state index < -0.39 is 12.0 Å². The normalized spacial score (nSPS) is 11.6. The van der Waals surface area contributed by atoms with E-state index in [9.17, 15) is 9.59 Å². The molecule has 15 heavy (non-hydrogen) atoms. The Labute approximate surface area is 89.9 Å². The molecule has 0 saturated carbocycles. The highest BCUT2D eigenvalue weighted by atomic mass is 16.5. The number of nitrogens with one attached hydrogen (secondary N) is 2. The molecule has 0 aromatic rings. The summed E-state index contributed by atoms with van der Waals surface area (Å²) < 4.78 is 4.56. The van der Waals surface area contributed by atoms with Crippen LogP contribution in [0.15, 0.2) is 12.7 Å². The van der Waals surface area contributed by atoms with Gasteiger partial charge in [-0.2, -0.15) is 0 Å². The van der Waals surface area contributed by atoms with Gasteiger partial charge in [-0.3, -0.25) is 4.79 Å². The minimum Gasteiger partial charge on any atom is -0.467 e. The van der Waals surface area contributed by atoms with Gasteiger partial charge in [0.1, 0.15) is 6.04 Å². The lowest BCUT2D eigenvalue weighted by Crippen LogP contribution is -2.47. The standard InChI is InChI=1S/C10H18N2O3/c1-4-5-6-11-7-9(10(14)15-3)12-8(2)13/h4,9,11H,1,5-7H2,2-3H3,(H,12,13). The van der Waals surface area contributed by atoms with Gasteiger partial charge in [0.05, 0.1) is 7.11 Å². The van der Waals surface area contributed by atoms with Gasteiger partial charge in [-0.05, 0) is 13.0 Å². The van der Waals surface area contributed by atoms with Gasteiger partial charge >= 0.3 is 5.97 Å². The zero-order valence-electron chi connectivity index (χ0n) is 9.21. The number of methoxy groups -OCH3 is 1. The molecule has 0 rings (SSSR count). The lowest BCUT2D eigenvalue weighted by atomic mass is 10.3. The van der Waals surface area contributed by atoms with Crippen molar-refractivity contribution in [3.63, 3.8) is 0 Å². The number of ether oxygens (including phenoxy) is 1. The lowest BCUT2D eigenvalue weighted by molar-refractivity contribution is -0.144. The highest BCUT2D eigenvalue weighted by Gasteiger charge is 2.18. The largest absolute Gasteiger partial charge is 0.467 e. The van der Waals surface area contributed by atoms with E-state index in [-0.39, 0.29) is 5.91 Å². The van der Waals surface area contributed by atoms with Gasteiger partial charge in [-0.15, -0.1) is 6.58 Å². The number of esters is 1. The lowest BCUT2D eigenvalue weighted by Gasteiger charge is -2.15. The van der Waals surface area contributed by atoms with Crippen LogP contribution in [0.3, 0.4) is 0 Å². The third-order valence-electron chi connectivity index (χ3n) is 1.74. The highest BCUT2D eigenvalue weighted by Crippen LogP contribution is 1.87. The molecule has 0 bridgehead atoms. The zero-order valence-corrected chi connectivity index (χ0v) is 9.21. The molecule has 0 aliphatic carbocycles. The van der Waals surface area contributed by atoms with Crippen molar-refractivity contribution in [1.29, 1.82) is 0 Å². The summed E-state index contributed by atoms with van der Waals surface area (Å²) in [4.78, 5) is 22.0. The first kappa shape index (κ1) is 13.6. The van der Waals surface area contributed by atoms with Crippen molar-refractivity contribution in [3.8, 4) is 0 Å². The van der Waals surface area contributed by atoms with Crippen molar-refractivity contribution in [2.45, 2.75) is 19.4 Å². The van der Waals surface area contributed by atoms with Gasteiger partial charge in [0.2, 0.25) is 5.91 Å². The van der Waals surface area contributed by atoms with Crippen LogP contribution in [-0.2, 0) is 14.3 Å². The summed E-state index contributed by atoms with van der Waals surface area (Å²) in [6.45, 7) is 6.02. The van der Waals surface area contributed by atoms with Crippen LogP contribution in [0.4, 0.5) is 0 Å². The Morgan fingerprint density at radius 3 is 2.67 bits per heavy atom. The van der Waals surface area contributed by atoms with Crippen LogP contribution in [0.5, 0.6) is 0 Å². The monoisotopic (exact) mass is 214 g/mol. The maximum absolute atomic E-state index is 11.2. The number of carbonyl (C=O) groups excluding carboxylic acids is 2. The molecule has 1 atom stereocenters. The highest BCUT2D eigenvalue weighted by molar-refractivity contribution is 5.83. The van der Waals surface area contributed by atoms with Crippen LogP contribution in [0, 0.1) is 0 Å². The molecular formula is C10H18N2O3. The Morgan fingerprint density at radius 1 is 1.53 bits per heavy atom. The first-order chi connectivity index (χ1) is 7.11. The molecule has 86 valence electrons. The fourth-order valence-electron chi connectivity index (χ4n) is 1.03. The Kier molecular flexibility index (Phi) is 7.27. The third kappa shape index (κ3) is 6.68. The van der Waals surface area contributed by atoms with E-state index in [4.69, 9.17) is 0 Å². The SMILES string of the molecule is C=CCCNCC(NC(C)=O)C(=O)OC. The van der Waals surface area contributed by atoms with Gasteiger partial charge in [0, 0.05) is 13.5 Å². The average Bonchev–Trinajstić information content (AvgIpc) is 2.21. The number of hydrogen-bond acceptors (Lipinski definition) is 4. The van der Waals surface area contributed by atoms with Crippen LogP contribution in [0.2, 0.25) is 0 Å². The summed E-state index contributed by atoms with van der Waals surface area (Å²) in [6.07, 6.45) is 2.59. The van der Waals surface area contributed by atoms with Gasteiger partial charge in [-0.25, -0.2) is 4.79 Å². The van der Waals surface area contributed by atoms with E-state index in [1.807, 2.05) is 0 Å². The van der Waals surface area contributed by atoms with Gasteiger partial charge in [0.25, 0.3) is 0 Å². The Bertz CT molecular complexity index is 229. The van der Waals surface area contributed by atoms with Crippen LogP contribution in [-0.4, -0.2) is 38.1 Å². The molecule has 0 aliphatic heterocycles. The number of carbonyl (C=O) groups is 2. The van der Waals surface area contributed by atoms with E-state index in [0.717, 1.165) is 13.0 Å². The summed E-state index contributed by atoms with van der Waals surface area (Å²) in [5, 5.41) is 5.53. The van der Waals surface area contributed by atoms with Crippen molar-refractivity contribution < 1.29 is 14.3 Å². The van der Waals surface area contributed by atoms with E-state index in [1.54, 1.807) is 6.08 Å². The fraction of sp³-hybridized carbons (Fsp3) is 0.600. The molecule has 0 aromatic heterocycles. The minimum atomic E-state index is -0.627. The first-order valence-corrected chi connectivity index (χ1v) is 4.78. The molecule has 1 amide bonds. The molecule has 0 fully saturated rings. The van der Waals surface area contributed by atoms with Crippen molar-refractivity contribution in [1.82, 2.24) is 10.6 Å². The molecule has 1 unspecified atom stereocenters. The molecule has 0 saturated heterocycles. The molecule has 0 aromatic carbocycles. The van der Waals surface area contributed by atoms with Crippen molar-refractivity contribution in [2.75, 3.05) is 20.2 Å². The maximum Gasteiger partial charge on any atom is 0.329 e. The smallest absolute Gasteiger partial charge is 0.329 e. The van der Waals surface area contributed by atoms with Crippen LogP contribution in [0.25, 0.3) is 0 Å². The molecule has 0 spiro atoms. The van der Waals surface area contributed by atoms with Crippen molar-refractivity contribution in [2.24, 2.45) is 0 Å². The summed E-state index contributed by atoms with van der Waals surface area (Å²) >= 11 is 0. The van der Waals surface area contributed by atoms with E-state index in [1.165, 1.54) is 14.0 Å². The molecule has 2 N–H and O–H groups in total. The summed E-state index contributed by atoms with van der Waals surface area (Å²) in [7, 11) is 1.29. The number of amides is 1. The Morgan fingerprint density at radius 2 is 2.20 bits per heavy atom.